The number of nitrogens with zero attached hydrogens (tertiary/aromatic N) is 5. The molecule has 9 aliphatic carbocycles. The third kappa shape index (κ3) is 4.76. The number of aromatic amines is 2. The fourth-order valence-electron chi connectivity index (χ4n) is 19.1. The van der Waals surface area contributed by atoms with E-state index in [1.165, 1.54) is 35.4 Å². The van der Waals surface area contributed by atoms with Crippen LogP contribution in [0.15, 0.2) is 152 Å². The minimum atomic E-state index is -0.0504. The molecule has 18 rings (SSSR count). The Kier molecular flexibility index (Phi) is 7.78. The van der Waals surface area contributed by atoms with Crippen LogP contribution in [0.25, 0.3) is 95.2 Å². The zero-order chi connectivity index (χ0) is 52.4. The molecule has 0 aliphatic heterocycles. The van der Waals surface area contributed by atoms with Gasteiger partial charge < -0.3 is 11.1 Å². The predicted molar refractivity (Wildman–Crippen MR) is 307 cm³/mol. The van der Waals surface area contributed by atoms with Gasteiger partial charge in [-0.15, -0.1) is 0 Å². The number of allylic oxidation sites excluding steroid dienone is 1. The third-order valence-corrected chi connectivity index (χ3v) is 24.2. The first-order valence-electron chi connectivity index (χ1n) is 28.3. The highest BCUT2D eigenvalue weighted by molar-refractivity contribution is 6.15. The van der Waals surface area contributed by atoms with Gasteiger partial charge in [0.25, 0.3) is 0 Å². The molecule has 11 unspecified atom stereocenters. The van der Waals surface area contributed by atoms with Crippen LogP contribution in [0.3, 0.4) is 0 Å². The van der Waals surface area contributed by atoms with Gasteiger partial charge in [-0.05, 0) is 157 Å². The Balaban J connectivity index is 0.740. The van der Waals surface area contributed by atoms with Crippen LogP contribution in [0.4, 0.5) is 0 Å². The van der Waals surface area contributed by atoms with Crippen LogP contribution in [0.5, 0.6) is 0 Å². The molecule has 5 aromatic heterocycles. The van der Waals surface area contributed by atoms with Crippen molar-refractivity contribution in [1.29, 1.82) is 5.41 Å². The van der Waals surface area contributed by atoms with Gasteiger partial charge in [-0.25, -0.2) is 0 Å². The molecule has 9 aromatic rings. The maximum Gasteiger partial charge on any atom is 0.0883 e. The predicted octanol–water partition coefficient (Wildman–Crippen LogP) is 14.8. The average Bonchev–Trinajstić information content (AvgIpc) is 1.55. The maximum absolute atomic E-state index is 9.18. The van der Waals surface area contributed by atoms with E-state index >= 15 is 0 Å². The second-order valence-corrected chi connectivity index (χ2v) is 26.2. The summed E-state index contributed by atoms with van der Waals surface area (Å²) < 4.78 is 0. The highest BCUT2D eigenvalue weighted by atomic mass is 15.2. The molecule has 380 valence electrons. The van der Waals surface area contributed by atoms with E-state index < -0.39 is 0 Å². The summed E-state index contributed by atoms with van der Waals surface area (Å²) in [7, 11) is 0. The van der Waals surface area contributed by atoms with E-state index in [2.05, 4.69) is 179 Å². The lowest BCUT2D eigenvalue weighted by Gasteiger charge is -2.43. The van der Waals surface area contributed by atoms with Gasteiger partial charge in [0.2, 0.25) is 0 Å². The third-order valence-electron chi connectivity index (χ3n) is 24.2. The van der Waals surface area contributed by atoms with Crippen LogP contribution in [0, 0.1) is 50.7 Å². The van der Waals surface area contributed by atoms with Gasteiger partial charge in [0.15, 0.2) is 0 Å². The van der Waals surface area contributed by atoms with Crippen molar-refractivity contribution in [3.63, 3.8) is 0 Å². The molecule has 9 nitrogen and oxygen atoms in total. The fourth-order valence-corrected chi connectivity index (χ4v) is 19.1. The van der Waals surface area contributed by atoms with Crippen molar-refractivity contribution in [3.8, 4) is 89.5 Å². The SMILES string of the molecule is CC12CC3C(c4c1n[nH]c4-c1ccc(-c4ccccc4-c4cc(-c5ccccc5-c5ccc(/C(N)=C6/C(=N)C7(C)C8CC6C87C)nc5)cc(-c5ccccc5-c5ccc(-c6[nH]nc7c6C6CC8C7(C)[C@]68C)nc5)c4)cn1)C32C. The molecular formula is C69H59N9. The fraction of sp³-hybridized carbons (Fsp3) is 0.304. The highest BCUT2D eigenvalue weighted by Crippen LogP contribution is 2.91. The summed E-state index contributed by atoms with van der Waals surface area (Å²) in [5.41, 5.74) is 33.8. The summed E-state index contributed by atoms with van der Waals surface area (Å²) in [6.45, 7) is 14.4. The average molecular weight is 1010 g/mol. The topological polar surface area (TPSA) is 146 Å². The number of nitrogens with one attached hydrogen (secondary N) is 3. The van der Waals surface area contributed by atoms with E-state index in [9.17, 15) is 5.41 Å². The summed E-state index contributed by atoms with van der Waals surface area (Å²) >= 11 is 0. The number of nitrogens with two attached hydrogens (primary N) is 1. The first-order valence-corrected chi connectivity index (χ1v) is 28.3. The van der Waals surface area contributed by atoms with Crippen molar-refractivity contribution in [2.24, 2.45) is 51.1 Å². The number of benzene rings is 4. The van der Waals surface area contributed by atoms with Crippen molar-refractivity contribution < 1.29 is 0 Å². The second kappa shape index (κ2) is 13.8. The lowest BCUT2D eigenvalue weighted by atomic mass is 9.60. The van der Waals surface area contributed by atoms with E-state index in [1.807, 2.05) is 18.6 Å². The number of fused-ring (bicyclic) bond motifs is 9. The van der Waals surface area contributed by atoms with Crippen molar-refractivity contribution in [1.82, 2.24) is 35.3 Å². The van der Waals surface area contributed by atoms with Gasteiger partial charge in [0.05, 0.1) is 45.6 Å². The summed E-state index contributed by atoms with van der Waals surface area (Å²) in [4.78, 5) is 15.4. The van der Waals surface area contributed by atoms with E-state index in [0.29, 0.717) is 40.2 Å². The molecule has 0 radical (unpaired) electrons. The Morgan fingerprint density at radius 3 is 1.46 bits per heavy atom. The lowest BCUT2D eigenvalue weighted by molar-refractivity contribution is 0.141. The van der Waals surface area contributed by atoms with Gasteiger partial charge in [-0.3, -0.25) is 25.1 Å². The van der Waals surface area contributed by atoms with Crippen molar-refractivity contribution >= 4 is 11.4 Å². The Labute approximate surface area is 453 Å². The minimum absolute atomic E-state index is 0.0504. The number of pyridine rings is 3. The molecule has 0 bridgehead atoms. The van der Waals surface area contributed by atoms with Crippen LogP contribution in [0.1, 0.15) is 101 Å². The van der Waals surface area contributed by atoms with Gasteiger partial charge in [0, 0.05) is 73.9 Å². The molecule has 7 fully saturated rings. The Morgan fingerprint density at radius 2 is 0.974 bits per heavy atom. The number of aromatic nitrogens is 7. The van der Waals surface area contributed by atoms with E-state index in [0.717, 1.165) is 125 Å². The molecular weight excluding hydrogens is 955 g/mol. The monoisotopic (exact) mass is 1010 g/mol. The summed E-state index contributed by atoms with van der Waals surface area (Å²) in [5.74, 6) is 3.65. The molecule has 78 heavy (non-hydrogen) atoms. The summed E-state index contributed by atoms with van der Waals surface area (Å²) in [5, 5.41) is 25.9. The highest BCUT2D eigenvalue weighted by Gasteiger charge is 2.88. The first-order chi connectivity index (χ1) is 37.7. The molecule has 9 aliphatic rings. The van der Waals surface area contributed by atoms with Gasteiger partial charge in [-0.1, -0.05) is 133 Å². The lowest BCUT2D eigenvalue weighted by Crippen LogP contribution is -2.41. The van der Waals surface area contributed by atoms with E-state index in [4.69, 9.17) is 30.9 Å². The largest absolute Gasteiger partial charge is 0.397 e. The van der Waals surface area contributed by atoms with Crippen LogP contribution in [0.2, 0.25) is 0 Å². The quantitative estimate of drug-likeness (QED) is 0.113. The summed E-state index contributed by atoms with van der Waals surface area (Å²) in [6.07, 6.45) is 9.68. The van der Waals surface area contributed by atoms with Crippen molar-refractivity contribution in [2.75, 3.05) is 0 Å². The molecule has 5 heterocycles. The molecule has 0 amide bonds. The Bertz CT molecular complexity index is 4090. The van der Waals surface area contributed by atoms with Gasteiger partial charge in [-0.2, -0.15) is 10.2 Å². The van der Waals surface area contributed by atoms with Crippen LogP contribution < -0.4 is 5.73 Å². The number of hydrogen-bond acceptors (Lipinski definition) is 7. The molecule has 0 spiro atoms. The second-order valence-electron chi connectivity index (χ2n) is 26.2. The van der Waals surface area contributed by atoms with Crippen molar-refractivity contribution in [2.45, 2.75) is 83.5 Å². The van der Waals surface area contributed by atoms with Gasteiger partial charge in [0.1, 0.15) is 0 Å². The van der Waals surface area contributed by atoms with Crippen LogP contribution in [-0.4, -0.2) is 41.1 Å². The zero-order valence-corrected chi connectivity index (χ0v) is 44.8. The standard InChI is InChI=1S/C69H59N9/c1-64-30-48-57(67(48,64)4)56-60(76-77-62(56)64)51-24-21-36(33-74-51)42-15-9-12-18-45(42)39-26-37(43-16-10-7-13-40(43)34-19-22-49(72-31-34)58(70)54-46-28-52-65(46,2)68(52,5)61(54)71)25-38(27-39)44-17-11-8-14-41(44)35-20-23-50(73-32-35)59-55-47-29-53-66(47,3)69(53,6)63(55)78-75-59/h7-27,31-33,46-48,52-53,57,71H,28-30,70H2,1-6H3,(H,75,78)(H,76,77)/b58-54-,71-61?/t46?,47?,48?,52?,53?,57?,64?,65?,66-,67?,68?,69?/m1/s1. The molecule has 12 atom stereocenters. The maximum atomic E-state index is 9.18. The Morgan fingerprint density at radius 1 is 0.513 bits per heavy atom. The zero-order valence-electron chi connectivity index (χ0n) is 44.8. The number of hydrogen-bond donors (Lipinski definition) is 4. The normalized spacial score (nSPS) is 34.2. The minimum Gasteiger partial charge on any atom is -0.397 e. The molecule has 7 saturated carbocycles. The van der Waals surface area contributed by atoms with Crippen LogP contribution >= 0.6 is 0 Å². The van der Waals surface area contributed by atoms with Crippen molar-refractivity contribution in [3.05, 3.63) is 180 Å². The summed E-state index contributed by atoms with van der Waals surface area (Å²) in [6, 6.07) is 46.2. The number of H-pyrrole nitrogens is 2. The molecule has 0 saturated heterocycles. The Hall–Kier alpha value is -8.04. The number of rotatable bonds is 9. The smallest absolute Gasteiger partial charge is 0.0883 e. The molecule has 9 heteroatoms. The van der Waals surface area contributed by atoms with E-state index in [-0.39, 0.29) is 21.7 Å². The van der Waals surface area contributed by atoms with E-state index in [1.54, 1.807) is 0 Å². The molecule has 5 N–H and O–H groups in total. The first kappa shape index (κ1) is 44.0. The molecule has 4 aromatic carbocycles. The van der Waals surface area contributed by atoms with Gasteiger partial charge >= 0.3 is 0 Å². The van der Waals surface area contributed by atoms with Crippen LogP contribution in [-0.2, 0) is 10.8 Å².